The lowest BCUT2D eigenvalue weighted by atomic mass is 10.1. The molecule has 100 valence electrons. The number of para-hydroxylation sites is 1. The molecule has 0 radical (unpaired) electrons. The van der Waals surface area contributed by atoms with Crippen molar-refractivity contribution in [2.24, 2.45) is 0 Å². The van der Waals surface area contributed by atoms with Gasteiger partial charge in [0.05, 0.1) is 6.42 Å². The lowest BCUT2D eigenvalue weighted by Gasteiger charge is -2.14. The molecule has 0 bridgehead atoms. The SMILES string of the molecule is CCc1ccccc1-n1c(C)cc(CC(=O)O)c1C. The van der Waals surface area contributed by atoms with Gasteiger partial charge in [-0.3, -0.25) is 4.79 Å². The summed E-state index contributed by atoms with van der Waals surface area (Å²) in [5, 5.41) is 8.95. The molecule has 1 aromatic heterocycles. The molecule has 0 saturated heterocycles. The number of carboxylic acid groups (broad SMARTS) is 1. The average molecular weight is 257 g/mol. The highest BCUT2D eigenvalue weighted by molar-refractivity contribution is 5.71. The third-order valence-electron chi connectivity index (χ3n) is 3.49. The van der Waals surface area contributed by atoms with Crippen LogP contribution in [0.2, 0.25) is 0 Å². The number of nitrogens with zero attached hydrogens (tertiary/aromatic N) is 1. The highest BCUT2D eigenvalue weighted by atomic mass is 16.4. The molecule has 19 heavy (non-hydrogen) atoms. The van der Waals surface area contributed by atoms with Crippen LogP contribution in [0.1, 0.15) is 29.4 Å². The summed E-state index contributed by atoms with van der Waals surface area (Å²) >= 11 is 0. The number of carbonyl (C=O) groups is 1. The second kappa shape index (κ2) is 5.31. The number of benzene rings is 1. The molecule has 2 rings (SSSR count). The molecule has 2 aromatic rings. The summed E-state index contributed by atoms with van der Waals surface area (Å²) < 4.78 is 2.15. The Morgan fingerprint density at radius 3 is 2.53 bits per heavy atom. The van der Waals surface area contributed by atoms with Gasteiger partial charge >= 0.3 is 5.97 Å². The molecule has 0 unspecified atom stereocenters. The van der Waals surface area contributed by atoms with Crippen molar-refractivity contribution >= 4 is 5.97 Å². The standard InChI is InChI=1S/C16H19NO2/c1-4-13-7-5-6-8-15(13)17-11(2)9-14(12(17)3)10-16(18)19/h5-9H,4,10H2,1-3H3,(H,18,19). The first-order valence-corrected chi connectivity index (χ1v) is 6.52. The first-order chi connectivity index (χ1) is 9.04. The van der Waals surface area contributed by atoms with E-state index in [2.05, 4.69) is 23.6 Å². The van der Waals surface area contributed by atoms with E-state index >= 15 is 0 Å². The van der Waals surface area contributed by atoms with Gasteiger partial charge < -0.3 is 9.67 Å². The van der Waals surface area contributed by atoms with E-state index in [1.54, 1.807) is 0 Å². The molecule has 3 heteroatoms. The molecule has 1 aromatic carbocycles. The summed E-state index contributed by atoms with van der Waals surface area (Å²) in [5.41, 5.74) is 5.40. The summed E-state index contributed by atoms with van der Waals surface area (Å²) in [6.45, 7) is 6.13. The fourth-order valence-corrected chi connectivity index (χ4v) is 2.57. The Morgan fingerprint density at radius 1 is 1.21 bits per heavy atom. The van der Waals surface area contributed by atoms with Crippen LogP contribution in [0.25, 0.3) is 5.69 Å². The second-order valence-electron chi connectivity index (χ2n) is 4.78. The number of hydrogen-bond acceptors (Lipinski definition) is 1. The summed E-state index contributed by atoms with van der Waals surface area (Å²) in [6, 6.07) is 10.2. The van der Waals surface area contributed by atoms with Crippen LogP contribution in [0.4, 0.5) is 0 Å². The van der Waals surface area contributed by atoms with Gasteiger partial charge in [0.1, 0.15) is 0 Å². The highest BCUT2D eigenvalue weighted by Gasteiger charge is 2.14. The van der Waals surface area contributed by atoms with E-state index in [0.717, 1.165) is 29.1 Å². The molecule has 0 amide bonds. The largest absolute Gasteiger partial charge is 0.481 e. The molecule has 0 spiro atoms. The quantitative estimate of drug-likeness (QED) is 0.913. The Balaban J connectivity index is 2.56. The number of hydrogen-bond donors (Lipinski definition) is 1. The Morgan fingerprint density at radius 2 is 1.89 bits per heavy atom. The molecule has 0 saturated carbocycles. The van der Waals surface area contributed by atoms with Crippen molar-refractivity contribution < 1.29 is 9.90 Å². The molecule has 0 aliphatic rings. The lowest BCUT2D eigenvalue weighted by molar-refractivity contribution is -0.136. The minimum absolute atomic E-state index is 0.0773. The van der Waals surface area contributed by atoms with Gasteiger partial charge in [-0.15, -0.1) is 0 Å². The first-order valence-electron chi connectivity index (χ1n) is 6.52. The van der Waals surface area contributed by atoms with E-state index in [4.69, 9.17) is 5.11 Å². The molecule has 0 fully saturated rings. The van der Waals surface area contributed by atoms with Crippen molar-refractivity contribution in [2.45, 2.75) is 33.6 Å². The van der Waals surface area contributed by atoms with Crippen molar-refractivity contribution in [3.05, 3.63) is 52.8 Å². The molecular formula is C16H19NO2. The van der Waals surface area contributed by atoms with Gasteiger partial charge in [0, 0.05) is 17.1 Å². The van der Waals surface area contributed by atoms with Crippen LogP contribution in [0.3, 0.4) is 0 Å². The maximum Gasteiger partial charge on any atom is 0.307 e. The number of aryl methyl sites for hydroxylation is 2. The molecule has 0 aliphatic heterocycles. The zero-order valence-corrected chi connectivity index (χ0v) is 11.6. The average Bonchev–Trinajstić information content (AvgIpc) is 2.64. The number of rotatable bonds is 4. The van der Waals surface area contributed by atoms with Crippen molar-refractivity contribution in [2.75, 3.05) is 0 Å². The lowest BCUT2D eigenvalue weighted by Crippen LogP contribution is -2.05. The van der Waals surface area contributed by atoms with E-state index < -0.39 is 5.97 Å². The predicted octanol–water partition coefficient (Wildman–Crippen LogP) is 3.28. The van der Waals surface area contributed by atoms with Gasteiger partial charge in [0.25, 0.3) is 0 Å². The highest BCUT2D eigenvalue weighted by Crippen LogP contribution is 2.24. The maximum atomic E-state index is 10.9. The Labute approximate surface area is 113 Å². The fourth-order valence-electron chi connectivity index (χ4n) is 2.57. The van der Waals surface area contributed by atoms with Crippen LogP contribution >= 0.6 is 0 Å². The minimum atomic E-state index is -0.788. The monoisotopic (exact) mass is 257 g/mol. The fraction of sp³-hybridized carbons (Fsp3) is 0.312. The molecule has 0 atom stereocenters. The maximum absolute atomic E-state index is 10.9. The smallest absolute Gasteiger partial charge is 0.307 e. The van der Waals surface area contributed by atoms with Crippen molar-refractivity contribution in [3.63, 3.8) is 0 Å². The number of aromatic nitrogens is 1. The van der Waals surface area contributed by atoms with Gasteiger partial charge in [0.15, 0.2) is 0 Å². The van der Waals surface area contributed by atoms with Gasteiger partial charge in [-0.25, -0.2) is 0 Å². The first kappa shape index (κ1) is 13.4. The second-order valence-corrected chi connectivity index (χ2v) is 4.78. The molecule has 0 aliphatic carbocycles. The van der Waals surface area contributed by atoms with Crippen molar-refractivity contribution in [1.82, 2.24) is 4.57 Å². The number of aliphatic carboxylic acids is 1. The predicted molar refractivity (Wildman–Crippen MR) is 76.0 cm³/mol. The third kappa shape index (κ3) is 2.55. The summed E-state index contributed by atoms with van der Waals surface area (Å²) in [5.74, 6) is -0.788. The van der Waals surface area contributed by atoms with E-state index in [1.807, 2.05) is 32.0 Å². The Hall–Kier alpha value is -2.03. The zero-order chi connectivity index (χ0) is 14.0. The van der Waals surface area contributed by atoms with Crippen LogP contribution in [0.15, 0.2) is 30.3 Å². The Kier molecular flexibility index (Phi) is 3.74. The van der Waals surface area contributed by atoms with Gasteiger partial charge in [-0.1, -0.05) is 25.1 Å². The van der Waals surface area contributed by atoms with Crippen LogP contribution in [0, 0.1) is 13.8 Å². The number of carboxylic acids is 1. The van der Waals surface area contributed by atoms with Crippen molar-refractivity contribution in [1.29, 1.82) is 0 Å². The summed E-state index contributed by atoms with van der Waals surface area (Å²) in [7, 11) is 0. The van der Waals surface area contributed by atoms with Crippen LogP contribution in [0.5, 0.6) is 0 Å². The minimum Gasteiger partial charge on any atom is -0.481 e. The molecule has 1 heterocycles. The van der Waals surface area contributed by atoms with Crippen LogP contribution in [-0.4, -0.2) is 15.6 Å². The van der Waals surface area contributed by atoms with E-state index in [-0.39, 0.29) is 6.42 Å². The zero-order valence-electron chi connectivity index (χ0n) is 11.6. The molecule has 1 N–H and O–H groups in total. The Bertz CT molecular complexity index is 611. The third-order valence-corrected chi connectivity index (χ3v) is 3.49. The molecule has 3 nitrogen and oxygen atoms in total. The van der Waals surface area contributed by atoms with E-state index in [1.165, 1.54) is 5.56 Å². The van der Waals surface area contributed by atoms with E-state index in [0.29, 0.717) is 0 Å². The topological polar surface area (TPSA) is 42.2 Å². The van der Waals surface area contributed by atoms with E-state index in [9.17, 15) is 4.79 Å². The van der Waals surface area contributed by atoms with Gasteiger partial charge in [-0.05, 0) is 43.5 Å². The summed E-state index contributed by atoms with van der Waals surface area (Å²) in [4.78, 5) is 10.9. The molecular weight excluding hydrogens is 238 g/mol. The van der Waals surface area contributed by atoms with Gasteiger partial charge in [-0.2, -0.15) is 0 Å². The summed E-state index contributed by atoms with van der Waals surface area (Å²) in [6.07, 6.45) is 1.04. The van der Waals surface area contributed by atoms with Crippen LogP contribution in [-0.2, 0) is 17.6 Å². The van der Waals surface area contributed by atoms with Gasteiger partial charge in [0.2, 0.25) is 0 Å². The normalized spacial score (nSPS) is 10.7. The van der Waals surface area contributed by atoms with Crippen molar-refractivity contribution in [3.8, 4) is 5.69 Å². The van der Waals surface area contributed by atoms with Crippen LogP contribution < -0.4 is 0 Å².